The molecule has 0 atom stereocenters. The lowest BCUT2D eigenvalue weighted by molar-refractivity contribution is -0.116. The van der Waals surface area contributed by atoms with Crippen LogP contribution in [0.15, 0.2) is 42.2 Å². The SMILES string of the molecule is O=C(CCCC/C=C(\F)CO)Nc1ccccc1. The van der Waals surface area contributed by atoms with Crippen molar-refractivity contribution in [1.82, 2.24) is 0 Å². The Kier molecular flexibility index (Phi) is 6.72. The Balaban J connectivity index is 2.15. The van der Waals surface area contributed by atoms with Crippen LogP contribution in [0.1, 0.15) is 25.7 Å². The van der Waals surface area contributed by atoms with Crippen LogP contribution in [-0.2, 0) is 4.79 Å². The fraction of sp³-hybridized carbons (Fsp3) is 0.357. The molecule has 3 nitrogen and oxygen atoms in total. The second-order valence-electron chi connectivity index (χ2n) is 3.97. The van der Waals surface area contributed by atoms with E-state index in [0.29, 0.717) is 19.3 Å². The summed E-state index contributed by atoms with van der Waals surface area (Å²) in [6.07, 6.45) is 3.76. The molecule has 0 unspecified atom stereocenters. The molecule has 0 heterocycles. The molecule has 1 rings (SSSR count). The van der Waals surface area contributed by atoms with Gasteiger partial charge in [-0.1, -0.05) is 24.3 Å². The highest BCUT2D eigenvalue weighted by Crippen LogP contribution is 2.08. The number of allylic oxidation sites excluding steroid dienone is 1. The number of carbonyl (C=O) groups excluding carboxylic acids is 1. The molecule has 0 bridgehead atoms. The van der Waals surface area contributed by atoms with Gasteiger partial charge in [-0.25, -0.2) is 4.39 Å². The lowest BCUT2D eigenvalue weighted by Crippen LogP contribution is -2.10. The summed E-state index contributed by atoms with van der Waals surface area (Å²) >= 11 is 0. The lowest BCUT2D eigenvalue weighted by Gasteiger charge is -2.04. The van der Waals surface area contributed by atoms with E-state index in [1.54, 1.807) is 0 Å². The predicted molar refractivity (Wildman–Crippen MR) is 69.8 cm³/mol. The maximum atomic E-state index is 12.5. The van der Waals surface area contributed by atoms with E-state index in [0.717, 1.165) is 12.1 Å². The Morgan fingerprint density at radius 2 is 2.00 bits per heavy atom. The zero-order valence-corrected chi connectivity index (χ0v) is 10.2. The van der Waals surface area contributed by atoms with E-state index < -0.39 is 12.4 Å². The monoisotopic (exact) mass is 251 g/mol. The third-order valence-electron chi connectivity index (χ3n) is 2.43. The predicted octanol–water partition coefficient (Wildman–Crippen LogP) is 3.03. The van der Waals surface area contributed by atoms with Crippen LogP contribution in [0.4, 0.5) is 10.1 Å². The Bertz CT molecular complexity index is 390. The summed E-state index contributed by atoms with van der Waals surface area (Å²) in [6.45, 7) is -0.547. The summed E-state index contributed by atoms with van der Waals surface area (Å²) in [4.78, 5) is 11.5. The molecule has 1 aromatic carbocycles. The molecule has 1 amide bonds. The van der Waals surface area contributed by atoms with Gasteiger partial charge < -0.3 is 10.4 Å². The summed E-state index contributed by atoms with van der Waals surface area (Å²) < 4.78 is 12.5. The Labute approximate surface area is 106 Å². The number of amides is 1. The van der Waals surface area contributed by atoms with E-state index >= 15 is 0 Å². The number of aliphatic hydroxyl groups excluding tert-OH is 1. The quantitative estimate of drug-likeness (QED) is 0.732. The first-order valence-corrected chi connectivity index (χ1v) is 6.02. The van der Waals surface area contributed by atoms with Crippen molar-refractivity contribution in [3.63, 3.8) is 0 Å². The summed E-state index contributed by atoms with van der Waals surface area (Å²) in [5.41, 5.74) is 0.786. The molecule has 98 valence electrons. The van der Waals surface area contributed by atoms with Gasteiger partial charge in [0.2, 0.25) is 5.91 Å². The normalized spacial score (nSPS) is 11.3. The smallest absolute Gasteiger partial charge is 0.224 e. The van der Waals surface area contributed by atoms with Crippen LogP contribution in [0.2, 0.25) is 0 Å². The van der Waals surface area contributed by atoms with Gasteiger partial charge in [0.25, 0.3) is 0 Å². The number of hydrogen-bond acceptors (Lipinski definition) is 2. The number of carbonyl (C=O) groups is 1. The highest BCUT2D eigenvalue weighted by atomic mass is 19.1. The molecule has 0 fully saturated rings. The zero-order valence-electron chi connectivity index (χ0n) is 10.2. The van der Waals surface area contributed by atoms with Gasteiger partial charge in [0, 0.05) is 12.1 Å². The van der Waals surface area contributed by atoms with Crippen LogP contribution < -0.4 is 5.32 Å². The van der Waals surface area contributed by atoms with Gasteiger partial charge in [-0.2, -0.15) is 0 Å². The first kappa shape index (κ1) is 14.4. The van der Waals surface area contributed by atoms with Gasteiger partial charge in [0.1, 0.15) is 5.83 Å². The molecule has 0 aromatic heterocycles. The van der Waals surface area contributed by atoms with Gasteiger partial charge in [0.05, 0.1) is 6.61 Å². The van der Waals surface area contributed by atoms with Gasteiger partial charge in [-0.15, -0.1) is 0 Å². The van der Waals surface area contributed by atoms with Crippen molar-refractivity contribution < 1.29 is 14.3 Å². The molecule has 0 spiro atoms. The van der Waals surface area contributed by atoms with E-state index in [9.17, 15) is 9.18 Å². The van der Waals surface area contributed by atoms with Gasteiger partial charge >= 0.3 is 0 Å². The lowest BCUT2D eigenvalue weighted by atomic mass is 10.1. The maximum Gasteiger partial charge on any atom is 0.224 e. The highest BCUT2D eigenvalue weighted by Gasteiger charge is 2.01. The average molecular weight is 251 g/mol. The van der Waals surface area contributed by atoms with Crippen LogP contribution in [0.3, 0.4) is 0 Å². The zero-order chi connectivity index (χ0) is 13.2. The number of aliphatic hydroxyl groups is 1. The first-order valence-electron chi connectivity index (χ1n) is 6.02. The minimum absolute atomic E-state index is 0.0344. The molecule has 0 aliphatic heterocycles. The summed E-state index contributed by atoms with van der Waals surface area (Å²) in [5, 5.41) is 11.2. The van der Waals surface area contributed by atoms with E-state index in [1.165, 1.54) is 6.08 Å². The van der Waals surface area contributed by atoms with E-state index in [4.69, 9.17) is 5.11 Å². The number of nitrogens with one attached hydrogen (secondary N) is 1. The van der Waals surface area contributed by atoms with Crippen molar-refractivity contribution in [3.05, 3.63) is 42.2 Å². The molecule has 0 aliphatic carbocycles. The molecule has 0 radical (unpaired) electrons. The molecule has 0 saturated heterocycles. The molecule has 18 heavy (non-hydrogen) atoms. The topological polar surface area (TPSA) is 49.3 Å². The maximum absolute atomic E-state index is 12.5. The number of hydrogen-bond donors (Lipinski definition) is 2. The summed E-state index contributed by atoms with van der Waals surface area (Å²) in [6, 6.07) is 9.27. The Hall–Kier alpha value is -1.68. The molecule has 2 N–H and O–H groups in total. The molecular formula is C14H18FNO2. The number of rotatable bonds is 7. The standard InChI is InChI=1S/C14H18FNO2/c15-12(11-17)7-3-1-6-10-14(18)16-13-8-4-2-5-9-13/h2,4-5,7-9,17H,1,3,6,10-11H2,(H,16,18)/b12-7-. The van der Waals surface area contributed by atoms with Crippen molar-refractivity contribution in [1.29, 1.82) is 0 Å². The van der Waals surface area contributed by atoms with E-state index in [2.05, 4.69) is 5.32 Å². The Morgan fingerprint density at radius 1 is 1.28 bits per heavy atom. The summed E-state index contributed by atoms with van der Waals surface area (Å²) in [5.74, 6) is -0.545. The first-order chi connectivity index (χ1) is 8.72. The molecular weight excluding hydrogens is 233 g/mol. The number of para-hydroxylation sites is 1. The fourth-order valence-electron chi connectivity index (χ4n) is 1.50. The molecule has 0 saturated carbocycles. The molecule has 0 aliphatic rings. The number of unbranched alkanes of at least 4 members (excludes halogenated alkanes) is 2. The van der Waals surface area contributed by atoms with Crippen molar-refractivity contribution in [2.75, 3.05) is 11.9 Å². The van der Waals surface area contributed by atoms with Gasteiger partial charge in [-0.05, 0) is 31.4 Å². The summed E-state index contributed by atoms with van der Waals surface area (Å²) in [7, 11) is 0. The third kappa shape index (κ3) is 6.15. The van der Waals surface area contributed by atoms with E-state index in [-0.39, 0.29) is 5.91 Å². The number of halogens is 1. The van der Waals surface area contributed by atoms with Crippen LogP contribution in [0.5, 0.6) is 0 Å². The number of benzene rings is 1. The highest BCUT2D eigenvalue weighted by molar-refractivity contribution is 5.90. The third-order valence-corrected chi connectivity index (χ3v) is 2.43. The van der Waals surface area contributed by atoms with Crippen LogP contribution in [-0.4, -0.2) is 17.6 Å². The molecule has 4 heteroatoms. The van der Waals surface area contributed by atoms with Crippen LogP contribution in [0.25, 0.3) is 0 Å². The Morgan fingerprint density at radius 3 is 2.67 bits per heavy atom. The van der Waals surface area contributed by atoms with E-state index in [1.807, 2.05) is 30.3 Å². The van der Waals surface area contributed by atoms with Crippen LogP contribution >= 0.6 is 0 Å². The number of anilines is 1. The van der Waals surface area contributed by atoms with Crippen LogP contribution in [0, 0.1) is 0 Å². The molecule has 1 aromatic rings. The van der Waals surface area contributed by atoms with Gasteiger partial charge in [0.15, 0.2) is 0 Å². The average Bonchev–Trinajstić information content (AvgIpc) is 2.39. The van der Waals surface area contributed by atoms with Crippen molar-refractivity contribution in [3.8, 4) is 0 Å². The van der Waals surface area contributed by atoms with Crippen molar-refractivity contribution >= 4 is 11.6 Å². The van der Waals surface area contributed by atoms with Crippen molar-refractivity contribution in [2.45, 2.75) is 25.7 Å². The second-order valence-corrected chi connectivity index (χ2v) is 3.97. The van der Waals surface area contributed by atoms with Gasteiger partial charge in [-0.3, -0.25) is 4.79 Å². The fourth-order valence-corrected chi connectivity index (χ4v) is 1.50. The second kappa shape index (κ2) is 8.42. The van der Waals surface area contributed by atoms with Crippen molar-refractivity contribution in [2.24, 2.45) is 0 Å². The minimum Gasteiger partial charge on any atom is -0.389 e. The largest absolute Gasteiger partial charge is 0.389 e. The minimum atomic E-state index is -0.547.